The molecule has 0 aliphatic carbocycles. The quantitative estimate of drug-likeness (QED) is 0.813. The normalized spacial score (nSPS) is 24.3. The van der Waals surface area contributed by atoms with Crippen molar-refractivity contribution in [1.29, 1.82) is 0 Å². The van der Waals surface area contributed by atoms with Gasteiger partial charge in [-0.3, -0.25) is 9.59 Å². The van der Waals surface area contributed by atoms with Gasteiger partial charge in [0.05, 0.1) is 17.6 Å². The van der Waals surface area contributed by atoms with Gasteiger partial charge in [-0.05, 0) is 31.0 Å². The Morgan fingerprint density at radius 2 is 2.22 bits per heavy atom. The first-order chi connectivity index (χ1) is 12.9. The Morgan fingerprint density at radius 1 is 1.41 bits per heavy atom. The van der Waals surface area contributed by atoms with Crippen molar-refractivity contribution in [2.24, 2.45) is 0 Å². The minimum absolute atomic E-state index is 0.0455. The molecule has 4 rings (SSSR count). The lowest BCUT2D eigenvalue weighted by molar-refractivity contribution is -0.135. The number of carbonyl (C=O) groups is 2. The highest BCUT2D eigenvalue weighted by molar-refractivity contribution is 8.01. The molecule has 142 valence electrons. The Bertz CT molecular complexity index is 919. The third kappa shape index (κ3) is 3.44. The van der Waals surface area contributed by atoms with E-state index >= 15 is 0 Å². The number of nitrogens with zero attached hydrogens (tertiary/aromatic N) is 3. The van der Waals surface area contributed by atoms with Crippen LogP contribution < -0.4 is 5.32 Å². The van der Waals surface area contributed by atoms with Gasteiger partial charge in [0.1, 0.15) is 11.9 Å². The molecule has 3 heterocycles. The summed E-state index contributed by atoms with van der Waals surface area (Å²) in [5.74, 6) is 1.02. The number of halogens is 2. The van der Waals surface area contributed by atoms with E-state index in [0.717, 1.165) is 12.0 Å². The summed E-state index contributed by atoms with van der Waals surface area (Å²) in [6, 6.07) is 6.54. The van der Waals surface area contributed by atoms with Crippen LogP contribution in [0.15, 0.2) is 30.5 Å². The molecule has 0 bridgehead atoms. The van der Waals surface area contributed by atoms with Crippen LogP contribution in [0.1, 0.15) is 25.3 Å². The number of rotatable bonds is 4. The second-order valence-electron chi connectivity index (χ2n) is 6.86. The maximum absolute atomic E-state index is 12.9. The number of thioether (sulfide) groups is 1. The fraction of sp³-hybridized carbons (Fsp3) is 0.389. The lowest BCUT2D eigenvalue weighted by Crippen LogP contribution is -2.48. The first-order valence-corrected chi connectivity index (χ1v) is 10.3. The van der Waals surface area contributed by atoms with Crippen molar-refractivity contribution in [2.45, 2.75) is 37.2 Å². The van der Waals surface area contributed by atoms with E-state index in [1.54, 1.807) is 45.7 Å². The van der Waals surface area contributed by atoms with Crippen molar-refractivity contribution in [3.05, 3.63) is 46.1 Å². The van der Waals surface area contributed by atoms with Gasteiger partial charge in [0.2, 0.25) is 11.8 Å². The van der Waals surface area contributed by atoms with Gasteiger partial charge in [-0.2, -0.15) is 5.10 Å². The molecular formula is C18H18Cl2N4O2S. The molecular weight excluding hydrogens is 407 g/mol. The van der Waals surface area contributed by atoms with Crippen LogP contribution in [-0.4, -0.2) is 43.2 Å². The summed E-state index contributed by atoms with van der Waals surface area (Å²) in [4.78, 5) is 26.6. The second-order valence-corrected chi connectivity index (χ2v) is 9.21. The molecule has 2 unspecified atom stereocenters. The molecule has 27 heavy (non-hydrogen) atoms. The zero-order chi connectivity index (χ0) is 19.2. The maximum Gasteiger partial charge on any atom is 0.249 e. The van der Waals surface area contributed by atoms with Gasteiger partial charge in [-0.25, -0.2) is 4.68 Å². The molecule has 1 aromatic carbocycles. The molecule has 2 saturated heterocycles. The molecule has 0 radical (unpaired) electrons. The van der Waals surface area contributed by atoms with E-state index in [1.165, 1.54) is 0 Å². The Balaban J connectivity index is 1.50. The average Bonchev–Trinajstić information content (AvgIpc) is 3.27. The molecule has 6 nitrogen and oxygen atoms in total. The van der Waals surface area contributed by atoms with Crippen LogP contribution in [0.2, 0.25) is 10.0 Å². The van der Waals surface area contributed by atoms with Crippen LogP contribution in [0, 0.1) is 0 Å². The predicted molar refractivity (Wildman–Crippen MR) is 107 cm³/mol. The molecule has 2 aromatic rings. The Kier molecular flexibility index (Phi) is 4.86. The standard InChI is InChI=1S/C18H18Cl2N4O2S/c1-18-6-4-16(25)24(18)14(10-27-18)17(26)22-15-5-7-21-23(15)9-11-2-3-12(19)8-13(11)20/h2-3,5,7-8,14H,4,6,9-10H2,1H3,(H,22,26). The number of fused-ring (bicyclic) bond motifs is 1. The van der Waals surface area contributed by atoms with Crippen LogP contribution in [0.3, 0.4) is 0 Å². The van der Waals surface area contributed by atoms with Crippen LogP contribution >= 0.6 is 35.0 Å². The average molecular weight is 425 g/mol. The van der Waals surface area contributed by atoms with Crippen molar-refractivity contribution in [3.8, 4) is 0 Å². The van der Waals surface area contributed by atoms with Gasteiger partial charge in [-0.15, -0.1) is 11.8 Å². The van der Waals surface area contributed by atoms with Gasteiger partial charge >= 0.3 is 0 Å². The minimum Gasteiger partial charge on any atom is -0.315 e. The van der Waals surface area contributed by atoms with Crippen LogP contribution in [0.5, 0.6) is 0 Å². The van der Waals surface area contributed by atoms with E-state index < -0.39 is 6.04 Å². The summed E-state index contributed by atoms with van der Waals surface area (Å²) in [5, 5.41) is 8.30. The van der Waals surface area contributed by atoms with Crippen molar-refractivity contribution >= 4 is 52.6 Å². The van der Waals surface area contributed by atoms with Gasteiger partial charge in [-0.1, -0.05) is 29.3 Å². The molecule has 2 aliphatic heterocycles. The summed E-state index contributed by atoms with van der Waals surface area (Å²) in [5.41, 5.74) is 0.846. The number of carbonyl (C=O) groups excluding carboxylic acids is 2. The lowest BCUT2D eigenvalue weighted by Gasteiger charge is -2.29. The summed E-state index contributed by atoms with van der Waals surface area (Å²) in [6.07, 6.45) is 2.90. The van der Waals surface area contributed by atoms with Crippen molar-refractivity contribution in [1.82, 2.24) is 14.7 Å². The smallest absolute Gasteiger partial charge is 0.249 e. The molecule has 2 atom stereocenters. The molecule has 0 saturated carbocycles. The van der Waals surface area contributed by atoms with E-state index in [0.29, 0.717) is 34.6 Å². The third-order valence-electron chi connectivity index (χ3n) is 5.05. The first-order valence-electron chi connectivity index (χ1n) is 8.60. The third-order valence-corrected chi connectivity index (χ3v) is 7.14. The molecule has 0 spiro atoms. The zero-order valence-corrected chi connectivity index (χ0v) is 16.9. The van der Waals surface area contributed by atoms with Gasteiger partial charge in [0, 0.05) is 28.3 Å². The van der Waals surface area contributed by atoms with Crippen molar-refractivity contribution in [3.63, 3.8) is 0 Å². The maximum atomic E-state index is 12.9. The number of benzene rings is 1. The number of nitrogens with one attached hydrogen (secondary N) is 1. The number of aromatic nitrogens is 2. The molecule has 2 fully saturated rings. The van der Waals surface area contributed by atoms with E-state index in [-0.39, 0.29) is 16.7 Å². The number of anilines is 1. The summed E-state index contributed by atoms with van der Waals surface area (Å²) < 4.78 is 1.67. The Labute approximate surface area is 171 Å². The van der Waals surface area contributed by atoms with Crippen LogP contribution in [0.4, 0.5) is 5.82 Å². The van der Waals surface area contributed by atoms with Crippen LogP contribution in [0.25, 0.3) is 0 Å². The van der Waals surface area contributed by atoms with Gasteiger partial charge in [0.15, 0.2) is 0 Å². The van der Waals surface area contributed by atoms with Gasteiger partial charge in [0.25, 0.3) is 0 Å². The van der Waals surface area contributed by atoms with E-state index in [2.05, 4.69) is 10.4 Å². The lowest BCUT2D eigenvalue weighted by atomic mass is 10.2. The SMILES string of the molecule is CC12CCC(=O)N1C(C(=O)Nc1ccnn1Cc1ccc(Cl)cc1Cl)CS2. The summed E-state index contributed by atoms with van der Waals surface area (Å²) in [6.45, 7) is 2.43. The minimum atomic E-state index is -0.461. The van der Waals surface area contributed by atoms with Crippen molar-refractivity contribution < 1.29 is 9.59 Å². The van der Waals surface area contributed by atoms with E-state index in [4.69, 9.17) is 23.2 Å². The largest absolute Gasteiger partial charge is 0.315 e. The van der Waals surface area contributed by atoms with E-state index in [1.807, 2.05) is 13.0 Å². The molecule has 2 amide bonds. The Hall–Kier alpha value is -1.70. The Morgan fingerprint density at radius 3 is 3.00 bits per heavy atom. The highest BCUT2D eigenvalue weighted by Gasteiger charge is 2.52. The number of amides is 2. The first kappa shape index (κ1) is 18.7. The van der Waals surface area contributed by atoms with Crippen molar-refractivity contribution in [2.75, 3.05) is 11.1 Å². The van der Waals surface area contributed by atoms with Gasteiger partial charge < -0.3 is 10.2 Å². The summed E-state index contributed by atoms with van der Waals surface area (Å²) >= 11 is 13.9. The number of hydrogen-bond donors (Lipinski definition) is 1. The summed E-state index contributed by atoms with van der Waals surface area (Å²) in [7, 11) is 0. The molecule has 2 aliphatic rings. The fourth-order valence-electron chi connectivity index (χ4n) is 3.60. The molecule has 1 aromatic heterocycles. The van der Waals surface area contributed by atoms with E-state index in [9.17, 15) is 9.59 Å². The monoisotopic (exact) mass is 424 g/mol. The number of hydrogen-bond acceptors (Lipinski definition) is 4. The second kappa shape index (κ2) is 7.04. The highest BCUT2D eigenvalue weighted by Crippen LogP contribution is 2.47. The predicted octanol–water partition coefficient (Wildman–Crippen LogP) is 3.63. The zero-order valence-electron chi connectivity index (χ0n) is 14.6. The molecule has 1 N–H and O–H groups in total. The topological polar surface area (TPSA) is 67.2 Å². The molecule has 9 heteroatoms. The fourth-order valence-corrected chi connectivity index (χ4v) is 5.50. The highest BCUT2D eigenvalue weighted by atomic mass is 35.5. The van der Waals surface area contributed by atoms with Crippen LogP contribution in [-0.2, 0) is 16.1 Å².